The van der Waals surface area contributed by atoms with Crippen LogP contribution in [0.3, 0.4) is 0 Å². The summed E-state index contributed by atoms with van der Waals surface area (Å²) in [5.41, 5.74) is 0.999. The molecule has 0 atom stereocenters. The standard InChI is InChI=1S/C9H10NO2/c11-7-9(12)10-6-8-4-2-1-3-5-8/h1-5H,6-7H2,(H,10,12). The summed E-state index contributed by atoms with van der Waals surface area (Å²) < 4.78 is 0. The van der Waals surface area contributed by atoms with Gasteiger partial charge in [-0.25, -0.2) is 5.11 Å². The lowest BCUT2D eigenvalue weighted by Gasteiger charge is -2.01. The zero-order valence-corrected chi connectivity index (χ0v) is 6.62. The molecule has 0 bridgehead atoms. The molecule has 0 aromatic heterocycles. The van der Waals surface area contributed by atoms with Crippen molar-refractivity contribution in [2.24, 2.45) is 0 Å². The normalized spacial score (nSPS) is 9.42. The summed E-state index contributed by atoms with van der Waals surface area (Å²) in [7, 11) is 0. The SMILES string of the molecule is [O]CC(=O)NCc1ccccc1. The van der Waals surface area contributed by atoms with Crippen LogP contribution in [0.4, 0.5) is 0 Å². The van der Waals surface area contributed by atoms with E-state index in [1.807, 2.05) is 30.3 Å². The lowest BCUT2D eigenvalue weighted by Crippen LogP contribution is -2.24. The van der Waals surface area contributed by atoms with Gasteiger partial charge in [-0.05, 0) is 5.56 Å². The molecule has 0 fully saturated rings. The molecule has 1 amide bonds. The fourth-order valence-electron chi connectivity index (χ4n) is 0.848. The maximum absolute atomic E-state index is 10.6. The number of benzene rings is 1. The second-order valence-electron chi connectivity index (χ2n) is 2.41. The lowest BCUT2D eigenvalue weighted by molar-refractivity contribution is -0.125. The first-order chi connectivity index (χ1) is 5.83. The average molecular weight is 164 g/mol. The molecule has 3 heteroatoms. The molecular weight excluding hydrogens is 154 g/mol. The summed E-state index contributed by atoms with van der Waals surface area (Å²) in [5, 5.41) is 12.5. The highest BCUT2D eigenvalue weighted by Crippen LogP contribution is 1.96. The lowest BCUT2D eigenvalue weighted by atomic mass is 10.2. The molecule has 3 nitrogen and oxygen atoms in total. The number of carbonyl (C=O) groups is 1. The minimum atomic E-state index is -0.702. The minimum absolute atomic E-state index is 0.432. The third-order valence-electron chi connectivity index (χ3n) is 1.46. The highest BCUT2D eigenvalue weighted by molar-refractivity contribution is 5.76. The van der Waals surface area contributed by atoms with Crippen LogP contribution in [0.2, 0.25) is 0 Å². The van der Waals surface area contributed by atoms with Crippen molar-refractivity contribution in [1.82, 2.24) is 5.32 Å². The van der Waals surface area contributed by atoms with Crippen molar-refractivity contribution in [2.75, 3.05) is 6.61 Å². The Labute approximate surface area is 71.0 Å². The van der Waals surface area contributed by atoms with Crippen LogP contribution in [0.5, 0.6) is 0 Å². The highest BCUT2D eigenvalue weighted by Gasteiger charge is 1.97. The summed E-state index contributed by atoms with van der Waals surface area (Å²) in [4.78, 5) is 10.6. The zero-order valence-electron chi connectivity index (χ0n) is 6.62. The van der Waals surface area contributed by atoms with E-state index in [0.717, 1.165) is 5.56 Å². The van der Waals surface area contributed by atoms with Crippen LogP contribution in [-0.2, 0) is 16.4 Å². The number of nitrogens with one attached hydrogen (secondary N) is 1. The van der Waals surface area contributed by atoms with E-state index in [-0.39, 0.29) is 0 Å². The predicted molar refractivity (Wildman–Crippen MR) is 43.8 cm³/mol. The molecule has 0 aliphatic rings. The largest absolute Gasteiger partial charge is 0.350 e. The monoisotopic (exact) mass is 164 g/mol. The van der Waals surface area contributed by atoms with Crippen LogP contribution >= 0.6 is 0 Å². The van der Waals surface area contributed by atoms with E-state index < -0.39 is 12.5 Å². The molecular formula is C9H10NO2. The van der Waals surface area contributed by atoms with Crippen molar-refractivity contribution < 1.29 is 9.90 Å². The first kappa shape index (κ1) is 8.74. The molecule has 1 aromatic carbocycles. The van der Waals surface area contributed by atoms with E-state index >= 15 is 0 Å². The fraction of sp³-hybridized carbons (Fsp3) is 0.222. The van der Waals surface area contributed by atoms with Gasteiger partial charge < -0.3 is 5.32 Å². The maximum atomic E-state index is 10.6. The molecule has 12 heavy (non-hydrogen) atoms. The van der Waals surface area contributed by atoms with Gasteiger partial charge in [0.15, 0.2) is 6.61 Å². The van der Waals surface area contributed by atoms with Crippen molar-refractivity contribution in [3.63, 3.8) is 0 Å². The summed E-state index contributed by atoms with van der Waals surface area (Å²) in [6, 6.07) is 9.46. The second kappa shape index (κ2) is 4.51. The highest BCUT2D eigenvalue weighted by atomic mass is 16.3. The van der Waals surface area contributed by atoms with Gasteiger partial charge in [0.05, 0.1) is 0 Å². The van der Waals surface area contributed by atoms with Gasteiger partial charge in [0, 0.05) is 6.54 Å². The van der Waals surface area contributed by atoms with Gasteiger partial charge >= 0.3 is 0 Å². The number of hydrogen-bond donors (Lipinski definition) is 1. The molecule has 0 spiro atoms. The number of carbonyl (C=O) groups excluding carboxylic acids is 1. The Hall–Kier alpha value is -1.35. The van der Waals surface area contributed by atoms with Crippen molar-refractivity contribution >= 4 is 5.91 Å². The van der Waals surface area contributed by atoms with E-state index in [1.165, 1.54) is 0 Å². The molecule has 1 aromatic rings. The van der Waals surface area contributed by atoms with Crippen LogP contribution in [0, 0.1) is 0 Å². The Morgan fingerprint density at radius 3 is 2.50 bits per heavy atom. The molecule has 0 aliphatic carbocycles. The molecule has 0 aliphatic heterocycles. The van der Waals surface area contributed by atoms with Gasteiger partial charge in [0.1, 0.15) is 0 Å². The maximum Gasteiger partial charge on any atom is 0.249 e. The van der Waals surface area contributed by atoms with Crippen LogP contribution in [-0.4, -0.2) is 12.5 Å². The van der Waals surface area contributed by atoms with Gasteiger partial charge in [-0.2, -0.15) is 0 Å². The smallest absolute Gasteiger partial charge is 0.249 e. The van der Waals surface area contributed by atoms with E-state index in [9.17, 15) is 9.90 Å². The quantitative estimate of drug-likeness (QED) is 0.703. The first-order valence-electron chi connectivity index (χ1n) is 3.71. The van der Waals surface area contributed by atoms with Crippen molar-refractivity contribution in [2.45, 2.75) is 6.54 Å². The van der Waals surface area contributed by atoms with E-state index in [2.05, 4.69) is 5.32 Å². The molecule has 1 rings (SSSR count). The number of hydrogen-bond acceptors (Lipinski definition) is 1. The zero-order chi connectivity index (χ0) is 8.81. The van der Waals surface area contributed by atoms with Gasteiger partial charge in [-0.15, -0.1) is 0 Å². The Morgan fingerprint density at radius 2 is 1.92 bits per heavy atom. The first-order valence-corrected chi connectivity index (χ1v) is 3.71. The average Bonchev–Trinajstić information content (AvgIpc) is 2.16. The van der Waals surface area contributed by atoms with E-state index in [4.69, 9.17) is 0 Å². The Morgan fingerprint density at radius 1 is 1.25 bits per heavy atom. The van der Waals surface area contributed by atoms with Crippen LogP contribution in [0.15, 0.2) is 30.3 Å². The minimum Gasteiger partial charge on any atom is -0.350 e. The molecule has 63 valence electrons. The van der Waals surface area contributed by atoms with E-state index in [0.29, 0.717) is 6.54 Å². The Balaban J connectivity index is 2.38. The predicted octanol–water partition coefficient (Wildman–Crippen LogP) is 0.733. The molecule has 0 saturated heterocycles. The summed E-state index contributed by atoms with van der Waals surface area (Å²) >= 11 is 0. The van der Waals surface area contributed by atoms with Gasteiger partial charge in [-0.3, -0.25) is 4.79 Å². The van der Waals surface area contributed by atoms with Crippen LogP contribution in [0.25, 0.3) is 0 Å². The fourth-order valence-corrected chi connectivity index (χ4v) is 0.848. The molecule has 1 N–H and O–H groups in total. The van der Waals surface area contributed by atoms with Gasteiger partial charge in [0.25, 0.3) is 0 Å². The molecule has 0 unspecified atom stereocenters. The van der Waals surface area contributed by atoms with Crippen LogP contribution in [0.1, 0.15) is 5.56 Å². The summed E-state index contributed by atoms with van der Waals surface area (Å²) in [6.07, 6.45) is 0. The third kappa shape index (κ3) is 2.72. The second-order valence-corrected chi connectivity index (χ2v) is 2.41. The third-order valence-corrected chi connectivity index (χ3v) is 1.46. The number of rotatable bonds is 3. The van der Waals surface area contributed by atoms with Crippen molar-refractivity contribution in [1.29, 1.82) is 0 Å². The summed E-state index contributed by atoms with van der Waals surface area (Å²) in [5.74, 6) is -0.459. The van der Waals surface area contributed by atoms with Crippen molar-refractivity contribution in [3.8, 4) is 0 Å². The summed E-state index contributed by atoms with van der Waals surface area (Å²) in [6.45, 7) is -0.269. The molecule has 0 heterocycles. The van der Waals surface area contributed by atoms with E-state index in [1.54, 1.807) is 0 Å². The van der Waals surface area contributed by atoms with Crippen LogP contribution < -0.4 is 5.32 Å². The molecule has 1 radical (unpaired) electrons. The number of amides is 1. The Bertz CT molecular complexity index is 246. The Kier molecular flexibility index (Phi) is 3.29. The van der Waals surface area contributed by atoms with Gasteiger partial charge in [0.2, 0.25) is 5.91 Å². The van der Waals surface area contributed by atoms with Gasteiger partial charge in [-0.1, -0.05) is 30.3 Å². The molecule has 0 saturated carbocycles. The topological polar surface area (TPSA) is 49.0 Å². The van der Waals surface area contributed by atoms with Crippen molar-refractivity contribution in [3.05, 3.63) is 35.9 Å².